The van der Waals surface area contributed by atoms with E-state index in [9.17, 15) is 0 Å². The van der Waals surface area contributed by atoms with Crippen molar-refractivity contribution >= 4 is 28.5 Å². The van der Waals surface area contributed by atoms with E-state index in [1.165, 1.54) is 24.0 Å². The number of hydrogen-bond acceptors (Lipinski definition) is 4. The summed E-state index contributed by atoms with van der Waals surface area (Å²) in [6, 6.07) is 12.4. The van der Waals surface area contributed by atoms with Gasteiger partial charge >= 0.3 is 0 Å². The Hall–Kier alpha value is -2.49. The lowest BCUT2D eigenvalue weighted by Gasteiger charge is -2.18. The van der Waals surface area contributed by atoms with Gasteiger partial charge in [0.25, 0.3) is 6.01 Å². The van der Waals surface area contributed by atoms with E-state index < -0.39 is 0 Å². The summed E-state index contributed by atoms with van der Waals surface area (Å²) in [5.41, 5.74) is 11.9. The van der Waals surface area contributed by atoms with Gasteiger partial charge in [-0.25, -0.2) is 0 Å². The second kappa shape index (κ2) is 4.81. The lowest BCUT2D eigenvalue weighted by molar-refractivity contribution is 0.622. The highest BCUT2D eigenvalue weighted by Gasteiger charge is 2.14. The molecule has 0 saturated heterocycles. The van der Waals surface area contributed by atoms with Gasteiger partial charge < -0.3 is 15.5 Å². The minimum Gasteiger partial charge on any atom is -0.423 e. The van der Waals surface area contributed by atoms with Crippen LogP contribution in [0.4, 0.5) is 17.4 Å². The number of aryl methyl sites for hydroxylation is 1. The van der Waals surface area contributed by atoms with Crippen molar-refractivity contribution in [3.63, 3.8) is 0 Å². The van der Waals surface area contributed by atoms with Gasteiger partial charge in [0, 0.05) is 11.4 Å². The quantitative estimate of drug-likeness (QED) is 0.695. The average molecular weight is 279 g/mol. The largest absolute Gasteiger partial charge is 0.423 e. The van der Waals surface area contributed by atoms with Crippen molar-refractivity contribution in [2.24, 2.45) is 0 Å². The van der Waals surface area contributed by atoms with Crippen LogP contribution in [0, 0.1) is 0 Å². The highest BCUT2D eigenvalue weighted by Crippen LogP contribution is 2.31. The minimum absolute atomic E-state index is 0.523. The molecule has 4 heteroatoms. The van der Waals surface area contributed by atoms with Gasteiger partial charge in [0.15, 0.2) is 5.58 Å². The van der Waals surface area contributed by atoms with Crippen LogP contribution < -0.4 is 11.1 Å². The molecule has 3 N–H and O–H groups in total. The van der Waals surface area contributed by atoms with Crippen LogP contribution in [0.3, 0.4) is 0 Å². The Labute approximate surface area is 123 Å². The number of nitrogens with zero attached hydrogens (tertiary/aromatic N) is 1. The van der Waals surface area contributed by atoms with Crippen molar-refractivity contribution in [2.45, 2.75) is 25.7 Å². The molecular weight excluding hydrogens is 262 g/mol. The molecule has 21 heavy (non-hydrogen) atoms. The number of nitrogen functional groups attached to an aromatic ring is 1. The van der Waals surface area contributed by atoms with E-state index in [0.29, 0.717) is 11.7 Å². The van der Waals surface area contributed by atoms with E-state index >= 15 is 0 Å². The number of benzene rings is 2. The Morgan fingerprint density at radius 2 is 2.00 bits per heavy atom. The van der Waals surface area contributed by atoms with Gasteiger partial charge in [0.05, 0.1) is 0 Å². The van der Waals surface area contributed by atoms with Crippen molar-refractivity contribution < 1.29 is 4.42 Å². The smallest absolute Gasteiger partial charge is 0.300 e. The summed E-state index contributed by atoms with van der Waals surface area (Å²) in [6.45, 7) is 0. The molecule has 3 aromatic rings. The molecule has 1 aliphatic rings. The van der Waals surface area contributed by atoms with E-state index in [0.717, 1.165) is 29.6 Å². The number of aromatic nitrogens is 1. The Bertz CT molecular complexity index is 807. The van der Waals surface area contributed by atoms with Crippen molar-refractivity contribution in [1.29, 1.82) is 0 Å². The molecule has 0 spiro atoms. The molecular formula is C17H17N3O. The first-order chi connectivity index (χ1) is 10.3. The van der Waals surface area contributed by atoms with Crippen LogP contribution in [0.1, 0.15) is 24.0 Å². The highest BCUT2D eigenvalue weighted by molar-refractivity contribution is 5.79. The molecule has 1 aromatic heterocycles. The molecule has 0 fully saturated rings. The molecule has 106 valence electrons. The van der Waals surface area contributed by atoms with Crippen LogP contribution in [0.25, 0.3) is 11.1 Å². The summed E-state index contributed by atoms with van der Waals surface area (Å²) in [5, 5.41) is 3.32. The van der Waals surface area contributed by atoms with Gasteiger partial charge in [-0.2, -0.15) is 4.98 Å². The number of oxazole rings is 1. The predicted molar refractivity (Wildman–Crippen MR) is 84.8 cm³/mol. The molecule has 1 heterocycles. The molecule has 0 bridgehead atoms. The van der Waals surface area contributed by atoms with Crippen molar-refractivity contribution in [2.75, 3.05) is 11.1 Å². The van der Waals surface area contributed by atoms with Crippen molar-refractivity contribution in [1.82, 2.24) is 4.98 Å². The average Bonchev–Trinajstić information content (AvgIpc) is 2.89. The third-order valence-electron chi connectivity index (χ3n) is 4.05. The van der Waals surface area contributed by atoms with Crippen LogP contribution in [-0.4, -0.2) is 4.98 Å². The second-order valence-corrected chi connectivity index (χ2v) is 5.52. The van der Waals surface area contributed by atoms with Gasteiger partial charge in [0.1, 0.15) is 5.52 Å². The molecule has 2 aromatic carbocycles. The molecule has 0 amide bonds. The number of hydrogen-bond donors (Lipinski definition) is 2. The first-order valence-corrected chi connectivity index (χ1v) is 7.33. The lowest BCUT2D eigenvalue weighted by atomic mass is 9.90. The van der Waals surface area contributed by atoms with Gasteiger partial charge in [-0.3, -0.25) is 0 Å². The fourth-order valence-corrected chi connectivity index (χ4v) is 3.01. The van der Waals surface area contributed by atoms with E-state index in [2.05, 4.69) is 28.5 Å². The normalized spacial score (nSPS) is 14.1. The third kappa shape index (κ3) is 2.23. The Kier molecular flexibility index (Phi) is 2.81. The summed E-state index contributed by atoms with van der Waals surface area (Å²) in [6.07, 6.45) is 4.80. The Morgan fingerprint density at radius 1 is 1.10 bits per heavy atom. The monoisotopic (exact) mass is 279 g/mol. The predicted octanol–water partition coefficient (Wildman–Crippen LogP) is 4.03. The second-order valence-electron chi connectivity index (χ2n) is 5.52. The number of anilines is 3. The van der Waals surface area contributed by atoms with Crippen molar-refractivity contribution in [3.8, 4) is 0 Å². The molecule has 4 nitrogen and oxygen atoms in total. The maximum absolute atomic E-state index is 5.77. The summed E-state index contributed by atoms with van der Waals surface area (Å²) in [5.74, 6) is 0. The molecule has 4 rings (SSSR count). The zero-order valence-corrected chi connectivity index (χ0v) is 11.7. The molecule has 1 aliphatic carbocycles. The number of fused-ring (bicyclic) bond motifs is 2. The number of nitrogens with one attached hydrogen (secondary N) is 1. The fraction of sp³-hybridized carbons (Fsp3) is 0.235. The summed E-state index contributed by atoms with van der Waals surface area (Å²) in [4.78, 5) is 4.46. The summed E-state index contributed by atoms with van der Waals surface area (Å²) in [7, 11) is 0. The van der Waals surface area contributed by atoms with Gasteiger partial charge in [-0.15, -0.1) is 0 Å². The van der Waals surface area contributed by atoms with Gasteiger partial charge in [-0.1, -0.05) is 12.1 Å². The topological polar surface area (TPSA) is 64.1 Å². The fourth-order valence-electron chi connectivity index (χ4n) is 3.01. The van der Waals surface area contributed by atoms with Crippen LogP contribution in [0.2, 0.25) is 0 Å². The van der Waals surface area contributed by atoms with E-state index in [1.54, 1.807) is 0 Å². The van der Waals surface area contributed by atoms with Crippen molar-refractivity contribution in [3.05, 3.63) is 47.5 Å². The van der Waals surface area contributed by atoms with E-state index in [4.69, 9.17) is 10.2 Å². The SMILES string of the molecule is Nc1ccc2oc(Nc3cccc4c3CCCC4)nc2c1. The van der Waals surface area contributed by atoms with Crippen LogP contribution in [-0.2, 0) is 12.8 Å². The van der Waals surface area contributed by atoms with Crippen LogP contribution in [0.15, 0.2) is 40.8 Å². The first-order valence-electron chi connectivity index (χ1n) is 7.33. The lowest BCUT2D eigenvalue weighted by Crippen LogP contribution is -2.06. The summed E-state index contributed by atoms with van der Waals surface area (Å²) < 4.78 is 5.74. The van der Waals surface area contributed by atoms with E-state index in [1.807, 2.05) is 18.2 Å². The summed E-state index contributed by atoms with van der Waals surface area (Å²) >= 11 is 0. The highest BCUT2D eigenvalue weighted by atomic mass is 16.4. The molecule has 0 radical (unpaired) electrons. The van der Waals surface area contributed by atoms with Gasteiger partial charge in [0.2, 0.25) is 0 Å². The number of nitrogens with two attached hydrogens (primary N) is 1. The van der Waals surface area contributed by atoms with Gasteiger partial charge in [-0.05, 0) is 61.1 Å². The maximum atomic E-state index is 5.77. The minimum atomic E-state index is 0.523. The van der Waals surface area contributed by atoms with E-state index in [-0.39, 0.29) is 0 Å². The molecule has 0 aliphatic heterocycles. The standard InChI is InChI=1S/C17H17N3O/c18-12-8-9-16-15(10-12)20-17(21-16)19-14-7-3-5-11-4-1-2-6-13(11)14/h3,5,7-10H,1-2,4,6,18H2,(H,19,20). The van der Waals surface area contributed by atoms with Crippen LogP contribution in [0.5, 0.6) is 0 Å². The van der Waals surface area contributed by atoms with Crippen LogP contribution >= 0.6 is 0 Å². The Morgan fingerprint density at radius 3 is 2.95 bits per heavy atom. The molecule has 0 saturated carbocycles. The molecule has 0 atom stereocenters. The maximum Gasteiger partial charge on any atom is 0.300 e. The first kappa shape index (κ1) is 12.3. The zero-order valence-electron chi connectivity index (χ0n) is 11.7. The Balaban J connectivity index is 1.71. The molecule has 0 unspecified atom stereocenters. The third-order valence-corrected chi connectivity index (χ3v) is 4.05. The zero-order chi connectivity index (χ0) is 14.2. The number of rotatable bonds is 2.